The van der Waals surface area contributed by atoms with Crippen LogP contribution in [-0.2, 0) is 20.8 Å². The molecule has 0 spiro atoms. The largest absolute Gasteiger partial charge is 0.343 e. The second kappa shape index (κ2) is 15.7. The third kappa shape index (κ3) is 13.6. The van der Waals surface area contributed by atoms with E-state index in [1.54, 1.807) is 0 Å². The molecule has 27 heavy (non-hydrogen) atoms. The van der Waals surface area contributed by atoms with Crippen LogP contribution in [0.15, 0.2) is 24.3 Å². The topological polar surface area (TPSA) is 46.5 Å². The molecule has 1 N–H and O–H groups in total. The van der Waals surface area contributed by atoms with E-state index in [9.17, 15) is 9.46 Å². The predicted molar refractivity (Wildman–Crippen MR) is 119 cm³/mol. The zero-order valence-electron chi connectivity index (χ0n) is 17.0. The van der Waals surface area contributed by atoms with E-state index < -0.39 is 7.60 Å². The van der Waals surface area contributed by atoms with Gasteiger partial charge in [0, 0.05) is 0 Å². The number of hydrogen-bond acceptors (Lipinski definition) is 2. The lowest BCUT2D eigenvalue weighted by atomic mass is 10.0. The van der Waals surface area contributed by atoms with E-state index in [2.05, 4.69) is 38.9 Å². The molecule has 1 aromatic carbocycles. The molecule has 0 saturated carbocycles. The van der Waals surface area contributed by atoms with Gasteiger partial charge in [-0.2, -0.15) is 0 Å². The Morgan fingerprint density at radius 2 is 1.19 bits per heavy atom. The van der Waals surface area contributed by atoms with Gasteiger partial charge in [0.25, 0.3) is 0 Å². The Balaban J connectivity index is 1.97. The van der Waals surface area contributed by atoms with Gasteiger partial charge in [0.1, 0.15) is 16.3 Å². The molecule has 0 fully saturated rings. The van der Waals surface area contributed by atoms with Crippen LogP contribution in [0, 0.1) is 0 Å². The van der Waals surface area contributed by atoms with Crippen molar-refractivity contribution in [1.29, 1.82) is 0 Å². The van der Waals surface area contributed by atoms with Crippen molar-refractivity contribution in [2.45, 2.75) is 103 Å². The number of unbranched alkanes of at least 4 members (excludes halogenated alkanes) is 12. The van der Waals surface area contributed by atoms with Crippen molar-refractivity contribution in [2.75, 3.05) is 0 Å². The number of benzene rings is 1. The van der Waals surface area contributed by atoms with E-state index in [0.717, 1.165) is 12.0 Å². The minimum absolute atomic E-state index is 0.0390. The van der Waals surface area contributed by atoms with E-state index in [1.807, 2.05) is 12.1 Å². The van der Waals surface area contributed by atoms with Crippen LogP contribution in [0.25, 0.3) is 0 Å². The van der Waals surface area contributed by atoms with E-state index in [1.165, 1.54) is 89.0 Å². The van der Waals surface area contributed by atoms with Crippen LogP contribution in [-0.4, -0.2) is 4.89 Å². The summed E-state index contributed by atoms with van der Waals surface area (Å²) in [6.07, 6.45) is 19.0. The SMILES string of the molecule is CCCCCCCCCCCCCCCc1ccc(CP(=O)(O)OBr)cc1. The Morgan fingerprint density at radius 1 is 0.778 bits per heavy atom. The van der Waals surface area contributed by atoms with Crippen molar-refractivity contribution in [3.05, 3.63) is 35.4 Å². The van der Waals surface area contributed by atoms with Crippen LogP contribution < -0.4 is 0 Å². The van der Waals surface area contributed by atoms with Crippen molar-refractivity contribution in [3.8, 4) is 0 Å². The summed E-state index contributed by atoms with van der Waals surface area (Å²) in [5.41, 5.74) is 2.13. The molecule has 0 radical (unpaired) electrons. The zero-order chi connectivity index (χ0) is 19.8. The summed E-state index contributed by atoms with van der Waals surface area (Å²) in [5, 5.41) is 0. The van der Waals surface area contributed by atoms with Crippen LogP contribution in [0.3, 0.4) is 0 Å². The third-order valence-corrected chi connectivity index (χ3v) is 7.42. The highest BCUT2D eigenvalue weighted by Crippen LogP contribution is 2.47. The summed E-state index contributed by atoms with van der Waals surface area (Å²) in [6.45, 7) is 2.27. The van der Waals surface area contributed by atoms with E-state index in [-0.39, 0.29) is 6.16 Å². The van der Waals surface area contributed by atoms with Crippen molar-refractivity contribution in [2.24, 2.45) is 0 Å². The zero-order valence-corrected chi connectivity index (χ0v) is 19.5. The molecule has 0 bridgehead atoms. The van der Waals surface area contributed by atoms with E-state index in [4.69, 9.17) is 0 Å². The molecule has 0 aliphatic rings. The summed E-state index contributed by atoms with van der Waals surface area (Å²) in [7, 11) is -3.54. The molecule has 1 atom stereocenters. The first-order valence-electron chi connectivity index (χ1n) is 10.8. The second-order valence-electron chi connectivity index (χ2n) is 7.67. The number of hydrogen-bond donors (Lipinski definition) is 1. The third-order valence-electron chi connectivity index (χ3n) is 5.08. The molecule has 1 unspecified atom stereocenters. The van der Waals surface area contributed by atoms with Gasteiger partial charge in [0.05, 0.1) is 6.16 Å². The van der Waals surface area contributed by atoms with Gasteiger partial charge in [-0.25, -0.2) is 3.62 Å². The minimum Gasteiger partial charge on any atom is -0.323 e. The van der Waals surface area contributed by atoms with Gasteiger partial charge in [0.15, 0.2) is 0 Å². The van der Waals surface area contributed by atoms with Crippen LogP contribution in [0.2, 0.25) is 0 Å². The van der Waals surface area contributed by atoms with Crippen molar-refractivity contribution in [3.63, 3.8) is 0 Å². The minimum atomic E-state index is -3.54. The number of halogens is 1. The van der Waals surface area contributed by atoms with Gasteiger partial charge < -0.3 is 4.89 Å². The molecule has 0 aliphatic heterocycles. The molecule has 0 amide bonds. The maximum absolute atomic E-state index is 11.5. The van der Waals surface area contributed by atoms with Crippen molar-refractivity contribution in [1.82, 2.24) is 0 Å². The summed E-state index contributed by atoms with van der Waals surface area (Å²) in [6, 6.07) is 7.97. The molecular formula is C22H38BrO3P. The van der Waals surface area contributed by atoms with Gasteiger partial charge in [-0.3, -0.25) is 4.57 Å². The quantitative estimate of drug-likeness (QED) is 0.187. The lowest BCUT2D eigenvalue weighted by molar-refractivity contribution is 0.406. The Bertz CT molecular complexity index is 519. The van der Waals surface area contributed by atoms with Gasteiger partial charge in [-0.1, -0.05) is 108 Å². The Labute approximate surface area is 175 Å². The molecule has 1 rings (SSSR count). The smallest absolute Gasteiger partial charge is 0.323 e. The molecule has 0 heterocycles. The highest BCUT2D eigenvalue weighted by molar-refractivity contribution is 9.06. The van der Waals surface area contributed by atoms with Crippen molar-refractivity contribution < 1.29 is 13.1 Å². The van der Waals surface area contributed by atoms with Gasteiger partial charge in [-0.05, 0) is 24.0 Å². The maximum Gasteiger partial charge on any atom is 0.343 e. The van der Waals surface area contributed by atoms with Crippen LogP contribution >= 0.6 is 23.9 Å². The first-order chi connectivity index (χ1) is 13.1. The fourth-order valence-electron chi connectivity index (χ4n) is 3.41. The highest BCUT2D eigenvalue weighted by atomic mass is 79.9. The second-order valence-corrected chi connectivity index (χ2v) is 10.3. The first-order valence-corrected chi connectivity index (χ1v) is 13.2. The molecule has 3 nitrogen and oxygen atoms in total. The standard InChI is InChI=1S/C22H38BrO3P/c1-2-3-4-5-6-7-8-9-10-11-12-13-14-15-21-16-18-22(19-17-21)20-27(24,25)26-23/h16-19H,2-15,20H2,1H3,(H,24,25). The van der Waals surface area contributed by atoms with Gasteiger partial charge in [0.2, 0.25) is 0 Å². The Kier molecular flexibility index (Phi) is 14.5. The molecule has 156 valence electrons. The van der Waals surface area contributed by atoms with E-state index in [0.29, 0.717) is 0 Å². The van der Waals surface area contributed by atoms with Crippen molar-refractivity contribution >= 4 is 23.9 Å². The fraction of sp³-hybridized carbons (Fsp3) is 0.727. The van der Waals surface area contributed by atoms with E-state index >= 15 is 0 Å². The van der Waals surface area contributed by atoms with Crippen LogP contribution in [0.4, 0.5) is 0 Å². The van der Waals surface area contributed by atoms with Gasteiger partial charge >= 0.3 is 7.60 Å². The monoisotopic (exact) mass is 460 g/mol. The molecule has 5 heteroatoms. The lowest BCUT2D eigenvalue weighted by Gasteiger charge is -2.08. The fourth-order valence-corrected chi connectivity index (χ4v) is 4.44. The highest BCUT2D eigenvalue weighted by Gasteiger charge is 2.18. The molecule has 0 aromatic heterocycles. The van der Waals surface area contributed by atoms with Gasteiger partial charge in [-0.15, -0.1) is 0 Å². The molecule has 0 aliphatic carbocycles. The Hall–Kier alpha value is -0.150. The normalized spacial score (nSPS) is 13.6. The average molecular weight is 461 g/mol. The first kappa shape index (κ1) is 24.9. The molecule has 1 aromatic rings. The summed E-state index contributed by atoms with van der Waals surface area (Å²) >= 11 is 2.61. The average Bonchev–Trinajstić information content (AvgIpc) is 2.66. The molecular weight excluding hydrogens is 423 g/mol. The van der Waals surface area contributed by atoms with Crippen LogP contribution in [0.5, 0.6) is 0 Å². The Morgan fingerprint density at radius 3 is 1.63 bits per heavy atom. The maximum atomic E-state index is 11.5. The lowest BCUT2D eigenvalue weighted by Crippen LogP contribution is -1.90. The number of rotatable bonds is 17. The molecule has 0 saturated heterocycles. The summed E-state index contributed by atoms with van der Waals surface area (Å²) in [4.78, 5) is 9.47. The summed E-state index contributed by atoms with van der Waals surface area (Å²) in [5.74, 6) is 0. The van der Waals surface area contributed by atoms with Crippen LogP contribution in [0.1, 0.15) is 102 Å². The predicted octanol–water partition coefficient (Wildman–Crippen LogP) is 8.33. The summed E-state index contributed by atoms with van der Waals surface area (Å²) < 4.78 is 16.0. The number of aryl methyl sites for hydroxylation is 1.